The summed E-state index contributed by atoms with van der Waals surface area (Å²) in [5.41, 5.74) is 6.07. The van der Waals surface area contributed by atoms with Gasteiger partial charge in [0.1, 0.15) is 0 Å². The van der Waals surface area contributed by atoms with Crippen LogP contribution >= 0.6 is 0 Å². The molecule has 1 aliphatic carbocycles. The number of ether oxygens (including phenoxy) is 1. The third-order valence-electron chi connectivity index (χ3n) is 1.98. The minimum atomic E-state index is -0.694. The van der Waals surface area contributed by atoms with Gasteiger partial charge < -0.3 is 10.5 Å². The summed E-state index contributed by atoms with van der Waals surface area (Å²) in [5.74, 6) is 0.0122. The highest BCUT2D eigenvalue weighted by Gasteiger charge is 2.30. The van der Waals surface area contributed by atoms with E-state index in [4.69, 9.17) is 10.5 Å². The molecule has 0 amide bonds. The minimum absolute atomic E-state index is 0.183. The molecular weight excluding hydrogens is 173 g/mol. The molecule has 2 rings (SSSR count). The molecule has 0 aromatic rings. The molecule has 1 atom stereocenters. The summed E-state index contributed by atoms with van der Waals surface area (Å²) in [6.45, 7) is 0. The minimum Gasteiger partial charge on any atom is -0.494 e. The van der Waals surface area contributed by atoms with Gasteiger partial charge in [-0.15, -0.1) is 5.11 Å². The van der Waals surface area contributed by atoms with Gasteiger partial charge in [-0.05, 0) is 12.2 Å². The number of nitrogens with zero attached hydrogens (tertiary/aromatic N) is 2. The van der Waals surface area contributed by atoms with Crippen molar-refractivity contribution in [3.05, 3.63) is 35.1 Å². The third kappa shape index (κ3) is 1.04. The summed E-state index contributed by atoms with van der Waals surface area (Å²) in [6, 6.07) is -0.694. The SMILES string of the molecule is COC1=C(F)[C@H]2N=NC(N)=C2C=C1. The van der Waals surface area contributed by atoms with Gasteiger partial charge >= 0.3 is 0 Å². The number of hydrogen-bond donors (Lipinski definition) is 1. The normalized spacial score (nSPS) is 25.5. The highest BCUT2D eigenvalue weighted by Crippen LogP contribution is 2.32. The molecule has 1 heterocycles. The summed E-state index contributed by atoms with van der Waals surface area (Å²) in [6.07, 6.45) is 3.19. The number of halogens is 1. The predicted octanol–water partition coefficient (Wildman–Crippen LogP) is 1.39. The highest BCUT2D eigenvalue weighted by molar-refractivity contribution is 5.45. The molecule has 2 N–H and O–H groups in total. The monoisotopic (exact) mass is 181 g/mol. The Balaban J connectivity index is 2.45. The van der Waals surface area contributed by atoms with E-state index in [1.807, 2.05) is 0 Å². The number of rotatable bonds is 1. The summed E-state index contributed by atoms with van der Waals surface area (Å²) < 4.78 is 18.2. The Hall–Kier alpha value is -1.65. The maximum atomic E-state index is 13.4. The molecule has 0 bridgehead atoms. The van der Waals surface area contributed by atoms with E-state index in [0.717, 1.165) is 0 Å². The molecule has 0 spiro atoms. The molecule has 0 saturated heterocycles. The lowest BCUT2D eigenvalue weighted by Crippen LogP contribution is -2.13. The lowest BCUT2D eigenvalue weighted by Gasteiger charge is -2.13. The Morgan fingerprint density at radius 3 is 3.00 bits per heavy atom. The van der Waals surface area contributed by atoms with Gasteiger partial charge in [0.15, 0.2) is 23.4 Å². The molecule has 0 fully saturated rings. The standard InChI is InChI=1S/C8H8FN3O/c1-13-5-3-2-4-7(6(5)9)11-12-8(4)10/h2-3,7H,10H2,1H3/t7-/m0/s1. The maximum absolute atomic E-state index is 13.4. The van der Waals surface area contributed by atoms with Crippen LogP contribution in [0.5, 0.6) is 0 Å². The second kappa shape index (κ2) is 2.69. The summed E-state index contributed by atoms with van der Waals surface area (Å²) in [5, 5.41) is 7.28. The van der Waals surface area contributed by atoms with Gasteiger partial charge in [-0.1, -0.05) is 0 Å². The summed E-state index contributed by atoms with van der Waals surface area (Å²) in [7, 11) is 1.41. The van der Waals surface area contributed by atoms with Crippen LogP contribution < -0.4 is 5.73 Å². The van der Waals surface area contributed by atoms with Crippen molar-refractivity contribution < 1.29 is 9.13 Å². The fourth-order valence-corrected chi connectivity index (χ4v) is 1.29. The van der Waals surface area contributed by atoms with Crippen LogP contribution in [0.3, 0.4) is 0 Å². The van der Waals surface area contributed by atoms with E-state index in [-0.39, 0.29) is 11.6 Å². The van der Waals surface area contributed by atoms with Gasteiger partial charge in [0.05, 0.1) is 7.11 Å². The molecule has 2 aliphatic rings. The average molecular weight is 181 g/mol. The fraction of sp³-hybridized carbons (Fsp3) is 0.250. The van der Waals surface area contributed by atoms with Crippen LogP contribution in [0.4, 0.5) is 4.39 Å². The van der Waals surface area contributed by atoms with Crippen LogP contribution in [-0.2, 0) is 4.74 Å². The number of fused-ring (bicyclic) bond motifs is 1. The zero-order valence-electron chi connectivity index (χ0n) is 6.99. The Morgan fingerprint density at radius 2 is 2.31 bits per heavy atom. The van der Waals surface area contributed by atoms with Gasteiger partial charge in [-0.25, -0.2) is 4.39 Å². The van der Waals surface area contributed by atoms with Gasteiger partial charge in [-0.2, -0.15) is 5.11 Å². The van der Waals surface area contributed by atoms with Crippen LogP contribution in [0.25, 0.3) is 0 Å². The second-order valence-electron chi connectivity index (χ2n) is 2.71. The zero-order chi connectivity index (χ0) is 9.42. The Morgan fingerprint density at radius 1 is 1.54 bits per heavy atom. The average Bonchev–Trinajstić information content (AvgIpc) is 2.50. The summed E-state index contributed by atoms with van der Waals surface area (Å²) in [4.78, 5) is 0. The molecule has 0 saturated carbocycles. The molecule has 0 radical (unpaired) electrons. The highest BCUT2D eigenvalue weighted by atomic mass is 19.1. The van der Waals surface area contributed by atoms with E-state index >= 15 is 0 Å². The molecule has 1 aliphatic heterocycles. The molecule has 0 unspecified atom stereocenters. The Labute approximate surface area is 74.3 Å². The predicted molar refractivity (Wildman–Crippen MR) is 44.1 cm³/mol. The van der Waals surface area contributed by atoms with Crippen molar-refractivity contribution in [1.29, 1.82) is 0 Å². The van der Waals surface area contributed by atoms with Crippen molar-refractivity contribution in [3.8, 4) is 0 Å². The van der Waals surface area contributed by atoms with Crippen molar-refractivity contribution in [2.24, 2.45) is 16.0 Å². The number of nitrogens with two attached hydrogens (primary N) is 1. The van der Waals surface area contributed by atoms with Gasteiger partial charge in [0.2, 0.25) is 0 Å². The van der Waals surface area contributed by atoms with Crippen LogP contribution in [0.15, 0.2) is 45.4 Å². The van der Waals surface area contributed by atoms with Crippen LogP contribution in [0, 0.1) is 0 Å². The smallest absolute Gasteiger partial charge is 0.173 e. The summed E-state index contributed by atoms with van der Waals surface area (Å²) >= 11 is 0. The van der Waals surface area contributed by atoms with Crippen molar-refractivity contribution in [1.82, 2.24) is 0 Å². The first-order chi connectivity index (χ1) is 6.24. The van der Waals surface area contributed by atoms with Gasteiger partial charge in [0.25, 0.3) is 0 Å². The van der Waals surface area contributed by atoms with Crippen molar-refractivity contribution in [2.75, 3.05) is 7.11 Å². The molecule has 13 heavy (non-hydrogen) atoms. The molecule has 0 aromatic heterocycles. The molecule has 0 aromatic carbocycles. The third-order valence-corrected chi connectivity index (χ3v) is 1.98. The Kier molecular flexibility index (Phi) is 1.65. The zero-order valence-corrected chi connectivity index (χ0v) is 6.99. The van der Waals surface area contributed by atoms with E-state index in [2.05, 4.69) is 10.2 Å². The van der Waals surface area contributed by atoms with Gasteiger partial charge in [-0.3, -0.25) is 0 Å². The lowest BCUT2D eigenvalue weighted by molar-refractivity contribution is 0.284. The first-order valence-corrected chi connectivity index (χ1v) is 3.76. The van der Waals surface area contributed by atoms with Crippen molar-refractivity contribution in [2.45, 2.75) is 6.04 Å². The van der Waals surface area contributed by atoms with Crippen molar-refractivity contribution >= 4 is 0 Å². The quantitative estimate of drug-likeness (QED) is 0.664. The fourth-order valence-electron chi connectivity index (χ4n) is 1.29. The number of azo groups is 1. The molecule has 4 nitrogen and oxygen atoms in total. The number of methoxy groups -OCH3 is 1. The van der Waals surface area contributed by atoms with Gasteiger partial charge in [0, 0.05) is 5.57 Å². The van der Waals surface area contributed by atoms with E-state index < -0.39 is 11.9 Å². The van der Waals surface area contributed by atoms with E-state index in [0.29, 0.717) is 5.57 Å². The van der Waals surface area contributed by atoms with Crippen LogP contribution in [0.1, 0.15) is 0 Å². The van der Waals surface area contributed by atoms with E-state index in [1.54, 1.807) is 6.08 Å². The largest absolute Gasteiger partial charge is 0.494 e. The van der Waals surface area contributed by atoms with Crippen LogP contribution in [-0.4, -0.2) is 13.2 Å². The van der Waals surface area contributed by atoms with E-state index in [1.165, 1.54) is 13.2 Å². The first-order valence-electron chi connectivity index (χ1n) is 3.76. The molecule has 5 heteroatoms. The Bertz CT molecular complexity index is 368. The second-order valence-corrected chi connectivity index (χ2v) is 2.71. The number of hydrogen-bond acceptors (Lipinski definition) is 4. The molecular formula is C8H8FN3O. The maximum Gasteiger partial charge on any atom is 0.173 e. The van der Waals surface area contributed by atoms with Crippen LogP contribution in [0.2, 0.25) is 0 Å². The topological polar surface area (TPSA) is 60.0 Å². The molecule has 68 valence electrons. The van der Waals surface area contributed by atoms with Crippen molar-refractivity contribution in [3.63, 3.8) is 0 Å². The lowest BCUT2D eigenvalue weighted by atomic mass is 10.0. The van der Waals surface area contributed by atoms with E-state index in [9.17, 15) is 4.39 Å². The first kappa shape index (κ1) is 7.97. The number of allylic oxidation sites excluding steroid dienone is 1.